The second-order valence-electron chi connectivity index (χ2n) is 5.14. The molecule has 0 atom stereocenters. The Labute approximate surface area is 124 Å². The van der Waals surface area contributed by atoms with E-state index in [9.17, 15) is 4.79 Å². The number of hydrogen-bond acceptors (Lipinski definition) is 3. The second-order valence-corrected chi connectivity index (χ2v) is 5.14. The van der Waals surface area contributed by atoms with Crippen LogP contribution in [0.1, 0.15) is 12.0 Å². The van der Waals surface area contributed by atoms with Gasteiger partial charge in [0, 0.05) is 17.9 Å². The van der Waals surface area contributed by atoms with Crippen molar-refractivity contribution in [2.45, 2.75) is 12.8 Å². The van der Waals surface area contributed by atoms with Crippen molar-refractivity contribution in [3.05, 3.63) is 54.1 Å². The third kappa shape index (κ3) is 2.99. The van der Waals surface area contributed by atoms with E-state index in [0.29, 0.717) is 5.75 Å². The summed E-state index contributed by atoms with van der Waals surface area (Å²) in [6, 6.07) is 15.1. The summed E-state index contributed by atoms with van der Waals surface area (Å²) in [4.78, 5) is 14.2. The average Bonchev–Trinajstić information content (AvgIpc) is 2.52. The molecule has 0 bridgehead atoms. The molecule has 1 amide bonds. The van der Waals surface area contributed by atoms with Gasteiger partial charge in [0.05, 0.1) is 0 Å². The summed E-state index contributed by atoms with van der Waals surface area (Å²) >= 11 is 0. The molecule has 0 fully saturated rings. The van der Waals surface area contributed by atoms with Gasteiger partial charge < -0.3 is 15.4 Å². The predicted octanol–water partition coefficient (Wildman–Crippen LogP) is 2.63. The summed E-state index contributed by atoms with van der Waals surface area (Å²) in [6.07, 6.45) is 1.91. The Morgan fingerprint density at radius 1 is 1.19 bits per heavy atom. The fourth-order valence-corrected chi connectivity index (χ4v) is 2.62. The predicted molar refractivity (Wildman–Crippen MR) is 83.5 cm³/mol. The average molecular weight is 282 g/mol. The van der Waals surface area contributed by atoms with Crippen molar-refractivity contribution in [3.8, 4) is 5.75 Å². The van der Waals surface area contributed by atoms with Crippen molar-refractivity contribution < 1.29 is 9.53 Å². The van der Waals surface area contributed by atoms with E-state index < -0.39 is 0 Å². The number of amides is 1. The first kappa shape index (κ1) is 13.5. The van der Waals surface area contributed by atoms with E-state index in [2.05, 4.69) is 0 Å². The summed E-state index contributed by atoms with van der Waals surface area (Å²) in [5, 5.41) is 0. The van der Waals surface area contributed by atoms with Crippen LogP contribution < -0.4 is 15.4 Å². The molecular weight excluding hydrogens is 264 g/mol. The van der Waals surface area contributed by atoms with Gasteiger partial charge in [-0.2, -0.15) is 0 Å². The lowest BCUT2D eigenvalue weighted by Crippen LogP contribution is -2.38. The Balaban J connectivity index is 1.71. The zero-order valence-electron chi connectivity index (χ0n) is 11.8. The van der Waals surface area contributed by atoms with Gasteiger partial charge in [0.2, 0.25) is 0 Å². The number of hydrogen-bond donors (Lipinski definition) is 1. The van der Waals surface area contributed by atoms with Crippen LogP contribution in [0.15, 0.2) is 48.5 Å². The van der Waals surface area contributed by atoms with E-state index in [1.165, 1.54) is 0 Å². The number of nitrogens with two attached hydrogens (primary N) is 1. The lowest BCUT2D eigenvalue weighted by molar-refractivity contribution is -0.120. The highest BCUT2D eigenvalue weighted by atomic mass is 16.5. The highest BCUT2D eigenvalue weighted by Crippen LogP contribution is 2.28. The fraction of sp³-hybridized carbons (Fsp3) is 0.235. The van der Waals surface area contributed by atoms with Gasteiger partial charge in [-0.15, -0.1) is 0 Å². The van der Waals surface area contributed by atoms with E-state index in [1.54, 1.807) is 4.90 Å². The molecule has 0 aliphatic carbocycles. The maximum atomic E-state index is 12.4. The maximum absolute atomic E-state index is 12.4. The van der Waals surface area contributed by atoms with Gasteiger partial charge in [0.15, 0.2) is 6.61 Å². The summed E-state index contributed by atoms with van der Waals surface area (Å²) < 4.78 is 5.54. The number of benzene rings is 2. The number of ether oxygens (including phenoxy) is 1. The first-order valence-electron chi connectivity index (χ1n) is 7.10. The molecule has 0 unspecified atom stereocenters. The fourth-order valence-electron chi connectivity index (χ4n) is 2.62. The highest BCUT2D eigenvalue weighted by Gasteiger charge is 2.22. The van der Waals surface area contributed by atoms with Gasteiger partial charge in [0.25, 0.3) is 5.91 Å². The van der Waals surface area contributed by atoms with Gasteiger partial charge in [-0.1, -0.05) is 18.2 Å². The first-order chi connectivity index (χ1) is 10.2. The largest absolute Gasteiger partial charge is 0.484 e. The molecule has 2 N–H and O–H groups in total. The van der Waals surface area contributed by atoms with Gasteiger partial charge in [-0.25, -0.2) is 0 Å². The summed E-state index contributed by atoms with van der Waals surface area (Å²) in [6.45, 7) is 0.779. The molecule has 108 valence electrons. The molecule has 21 heavy (non-hydrogen) atoms. The minimum absolute atomic E-state index is 0.0235. The van der Waals surface area contributed by atoms with Crippen LogP contribution in [0, 0.1) is 0 Å². The van der Waals surface area contributed by atoms with Crippen molar-refractivity contribution >= 4 is 17.3 Å². The number of carbonyl (C=O) groups excluding carboxylic acids is 1. The van der Waals surface area contributed by atoms with Gasteiger partial charge >= 0.3 is 0 Å². The molecule has 1 aliphatic heterocycles. The lowest BCUT2D eigenvalue weighted by Gasteiger charge is -2.29. The smallest absolute Gasteiger partial charge is 0.264 e. The van der Waals surface area contributed by atoms with Crippen LogP contribution in [0.4, 0.5) is 11.4 Å². The number of nitrogen functional groups attached to an aromatic ring is 1. The van der Waals surface area contributed by atoms with Crippen LogP contribution in [0.3, 0.4) is 0 Å². The van der Waals surface area contributed by atoms with Crippen molar-refractivity contribution in [1.82, 2.24) is 0 Å². The molecule has 3 rings (SSSR count). The van der Waals surface area contributed by atoms with Gasteiger partial charge in [-0.05, 0) is 48.7 Å². The number of carbonyl (C=O) groups is 1. The Hall–Kier alpha value is -2.49. The van der Waals surface area contributed by atoms with Crippen LogP contribution in [0.2, 0.25) is 0 Å². The number of nitrogens with zero attached hydrogens (tertiary/aromatic N) is 1. The van der Waals surface area contributed by atoms with Crippen molar-refractivity contribution in [3.63, 3.8) is 0 Å². The maximum Gasteiger partial charge on any atom is 0.264 e. The molecule has 0 spiro atoms. The summed E-state index contributed by atoms with van der Waals surface area (Å²) in [5.41, 5.74) is 8.64. The minimum atomic E-state index is -0.0235. The Morgan fingerprint density at radius 3 is 2.81 bits per heavy atom. The molecule has 0 aromatic heterocycles. The van der Waals surface area contributed by atoms with Crippen LogP contribution in [0.25, 0.3) is 0 Å². The van der Waals surface area contributed by atoms with E-state index in [1.807, 2.05) is 48.5 Å². The molecule has 1 aliphatic rings. The van der Waals surface area contributed by atoms with Crippen LogP contribution in [-0.4, -0.2) is 19.1 Å². The second kappa shape index (κ2) is 5.87. The standard InChI is InChI=1S/C17H18N2O2/c18-14-8-9-16-13(11-14)5-4-10-19(16)17(20)12-21-15-6-2-1-3-7-15/h1-3,6-9,11H,4-5,10,12,18H2. The molecule has 0 saturated heterocycles. The summed E-state index contributed by atoms with van der Waals surface area (Å²) in [7, 11) is 0. The van der Waals surface area contributed by atoms with Crippen molar-refractivity contribution in [2.24, 2.45) is 0 Å². The van der Waals surface area contributed by atoms with Crippen LogP contribution >= 0.6 is 0 Å². The normalized spacial score (nSPS) is 13.6. The Kier molecular flexibility index (Phi) is 3.77. The zero-order chi connectivity index (χ0) is 14.7. The number of anilines is 2. The monoisotopic (exact) mass is 282 g/mol. The molecule has 4 nitrogen and oxygen atoms in total. The van der Waals surface area contributed by atoms with Crippen molar-refractivity contribution in [2.75, 3.05) is 23.8 Å². The van der Waals surface area contributed by atoms with Crippen molar-refractivity contribution in [1.29, 1.82) is 0 Å². The lowest BCUT2D eigenvalue weighted by atomic mass is 10.0. The van der Waals surface area contributed by atoms with E-state index in [4.69, 9.17) is 10.5 Å². The Morgan fingerprint density at radius 2 is 2.00 bits per heavy atom. The zero-order valence-corrected chi connectivity index (χ0v) is 11.8. The Bertz CT molecular complexity index is 640. The third-order valence-corrected chi connectivity index (χ3v) is 3.63. The van der Waals surface area contributed by atoms with Gasteiger partial charge in [-0.3, -0.25) is 4.79 Å². The quantitative estimate of drug-likeness (QED) is 0.880. The molecule has 2 aromatic rings. The van der Waals surface area contributed by atoms with Crippen LogP contribution in [0.5, 0.6) is 5.75 Å². The first-order valence-corrected chi connectivity index (χ1v) is 7.10. The SMILES string of the molecule is Nc1ccc2c(c1)CCCN2C(=O)COc1ccccc1. The van der Waals surface area contributed by atoms with E-state index >= 15 is 0 Å². The number of rotatable bonds is 3. The van der Waals surface area contributed by atoms with Crippen LogP contribution in [-0.2, 0) is 11.2 Å². The molecule has 4 heteroatoms. The molecule has 2 aromatic carbocycles. The number of para-hydroxylation sites is 1. The van der Waals surface area contributed by atoms with E-state index in [-0.39, 0.29) is 12.5 Å². The molecule has 1 heterocycles. The number of aryl methyl sites for hydroxylation is 1. The number of fused-ring (bicyclic) bond motifs is 1. The van der Waals surface area contributed by atoms with Gasteiger partial charge in [0.1, 0.15) is 5.75 Å². The topological polar surface area (TPSA) is 55.6 Å². The molecular formula is C17H18N2O2. The molecule has 0 saturated carbocycles. The minimum Gasteiger partial charge on any atom is -0.484 e. The molecule has 0 radical (unpaired) electrons. The third-order valence-electron chi connectivity index (χ3n) is 3.63. The van der Waals surface area contributed by atoms with E-state index in [0.717, 1.165) is 36.3 Å². The highest BCUT2D eigenvalue weighted by molar-refractivity contribution is 5.95. The summed E-state index contributed by atoms with van der Waals surface area (Å²) in [5.74, 6) is 0.685.